The van der Waals surface area contributed by atoms with Crippen LogP contribution < -0.4 is 4.74 Å². The number of carbonyl (C=O) groups is 1. The molecular weight excluding hydrogens is 503 g/mol. The fraction of sp³-hybridized carbons (Fsp3) is 0.462. The zero-order valence-corrected chi connectivity index (χ0v) is 21.8. The van der Waals surface area contributed by atoms with Crippen LogP contribution in [0.3, 0.4) is 0 Å². The van der Waals surface area contributed by atoms with Crippen LogP contribution in [-0.4, -0.2) is 63.4 Å². The van der Waals surface area contributed by atoms with Crippen LogP contribution in [-0.2, 0) is 4.79 Å². The average Bonchev–Trinajstić information content (AvgIpc) is 2.90. The van der Waals surface area contributed by atoms with Gasteiger partial charge in [0.15, 0.2) is 0 Å². The Labute approximate surface area is 219 Å². The molecule has 192 valence electrons. The minimum atomic E-state index is -1.40. The molecule has 1 fully saturated rings. The summed E-state index contributed by atoms with van der Waals surface area (Å²) in [5.41, 5.74) is 0.0399. The number of fused-ring (bicyclic) bond motifs is 1. The predicted molar refractivity (Wildman–Crippen MR) is 140 cm³/mol. The van der Waals surface area contributed by atoms with E-state index < -0.39 is 17.6 Å². The molecule has 1 N–H and O–H groups in total. The Hall–Kier alpha value is -2.49. The summed E-state index contributed by atoms with van der Waals surface area (Å²) in [5, 5.41) is 11.8. The lowest BCUT2D eigenvalue weighted by atomic mass is 9.74. The lowest BCUT2D eigenvalue weighted by molar-refractivity contribution is -0.153. The minimum Gasteiger partial charge on any atom is -0.497 e. The average molecular weight is 533 g/mol. The monoisotopic (exact) mass is 532 g/mol. The highest BCUT2D eigenvalue weighted by Crippen LogP contribution is 2.42. The highest BCUT2D eigenvalue weighted by Gasteiger charge is 2.41. The molecule has 1 aliphatic rings. The second-order valence-electron chi connectivity index (χ2n) is 9.08. The summed E-state index contributed by atoms with van der Waals surface area (Å²) in [6.45, 7) is 2.28. The van der Waals surface area contributed by atoms with Crippen molar-refractivity contribution in [2.75, 3.05) is 32.5 Å². The molecule has 1 aliphatic heterocycles. The molecule has 0 spiro atoms. The Balaban J connectivity index is 1.34. The third-order valence-corrected chi connectivity index (χ3v) is 8.23. The summed E-state index contributed by atoms with van der Waals surface area (Å²) in [7, 11) is 1.55. The number of ether oxygens (including phenoxy) is 1. The lowest BCUT2D eigenvalue weighted by Crippen LogP contribution is -2.44. The van der Waals surface area contributed by atoms with E-state index in [1.165, 1.54) is 6.20 Å². The van der Waals surface area contributed by atoms with Crippen molar-refractivity contribution < 1.29 is 19.0 Å². The van der Waals surface area contributed by atoms with Crippen LogP contribution in [0, 0.1) is 5.41 Å². The number of rotatable bonds is 11. The highest BCUT2D eigenvalue weighted by atomic mass is 35.5. The van der Waals surface area contributed by atoms with Crippen molar-refractivity contribution >= 4 is 40.2 Å². The Bertz CT molecular complexity index is 1180. The molecule has 0 bridgehead atoms. The zero-order valence-electron chi connectivity index (χ0n) is 20.2. The molecule has 0 aliphatic carbocycles. The molecule has 3 heterocycles. The van der Waals surface area contributed by atoms with Gasteiger partial charge >= 0.3 is 5.97 Å². The number of hydrogen-bond acceptors (Lipinski definition) is 7. The Morgan fingerprint density at radius 2 is 2.08 bits per heavy atom. The number of piperidine rings is 1. The van der Waals surface area contributed by atoms with E-state index in [1.807, 2.05) is 0 Å². The van der Waals surface area contributed by atoms with Crippen molar-refractivity contribution in [1.29, 1.82) is 0 Å². The zero-order chi connectivity index (χ0) is 25.5. The normalized spacial score (nSPS) is 16.6. The largest absolute Gasteiger partial charge is 0.497 e. The van der Waals surface area contributed by atoms with Gasteiger partial charge in [0.1, 0.15) is 16.9 Å². The first-order valence-corrected chi connectivity index (χ1v) is 13.4. The van der Waals surface area contributed by atoms with Gasteiger partial charge in [0.25, 0.3) is 0 Å². The molecule has 0 amide bonds. The van der Waals surface area contributed by atoms with E-state index in [-0.39, 0.29) is 17.9 Å². The maximum Gasteiger partial charge on any atom is 0.309 e. The SMILES string of the molecule is COc1ccc2ncc(Cl)c([C@H](F)CCC3(C(=O)O)CCN(CCCSc4cnccn4)CC3)c2c1. The topological polar surface area (TPSA) is 88.4 Å². The molecule has 0 unspecified atom stereocenters. The molecule has 3 aromatic rings. The van der Waals surface area contributed by atoms with Gasteiger partial charge in [-0.05, 0) is 69.9 Å². The predicted octanol–water partition coefficient (Wildman–Crippen LogP) is 5.83. The summed E-state index contributed by atoms with van der Waals surface area (Å²) in [6, 6.07) is 5.26. The standard InChI is InChI=1S/C26H30ClFN4O3S/c1-35-18-3-4-22-19(15-18)24(20(27)16-31-22)21(28)5-6-26(25(33)34)7-12-32(13-8-26)11-2-14-36-23-17-29-9-10-30-23/h3-4,9-10,15-17,21H,2,5-8,11-14H2,1H3,(H,33,34)/t21-/m1/s1. The van der Waals surface area contributed by atoms with Crippen molar-refractivity contribution in [3.63, 3.8) is 0 Å². The van der Waals surface area contributed by atoms with Crippen LogP contribution in [0.15, 0.2) is 48.0 Å². The molecule has 1 aromatic carbocycles. The summed E-state index contributed by atoms with van der Waals surface area (Å²) in [6.07, 6.45) is 7.46. The summed E-state index contributed by atoms with van der Waals surface area (Å²) >= 11 is 8.02. The van der Waals surface area contributed by atoms with Crippen molar-refractivity contribution in [3.8, 4) is 5.75 Å². The van der Waals surface area contributed by atoms with E-state index in [9.17, 15) is 9.90 Å². The number of alkyl halides is 1. The number of hydrogen-bond donors (Lipinski definition) is 1. The molecule has 36 heavy (non-hydrogen) atoms. The van der Waals surface area contributed by atoms with Gasteiger partial charge in [0.05, 0.1) is 29.3 Å². The maximum absolute atomic E-state index is 15.6. The van der Waals surface area contributed by atoms with Crippen LogP contribution >= 0.6 is 23.4 Å². The van der Waals surface area contributed by atoms with E-state index in [2.05, 4.69) is 19.9 Å². The number of carboxylic acids is 1. The first kappa shape index (κ1) is 26.6. The number of nitrogens with zero attached hydrogens (tertiary/aromatic N) is 4. The first-order chi connectivity index (χ1) is 17.4. The Kier molecular flexibility index (Phi) is 8.98. The smallest absolute Gasteiger partial charge is 0.309 e. The third kappa shape index (κ3) is 6.25. The third-order valence-electron chi connectivity index (χ3n) is 6.93. The second kappa shape index (κ2) is 12.2. The molecule has 4 rings (SSSR count). The maximum atomic E-state index is 15.6. The number of aromatic nitrogens is 3. The van der Waals surface area contributed by atoms with E-state index in [4.69, 9.17) is 16.3 Å². The number of carboxylic acid groups (broad SMARTS) is 1. The molecule has 0 saturated carbocycles. The Morgan fingerprint density at radius 3 is 2.78 bits per heavy atom. The van der Waals surface area contributed by atoms with Gasteiger partial charge in [-0.25, -0.2) is 9.37 Å². The van der Waals surface area contributed by atoms with Crippen LogP contribution in [0.5, 0.6) is 5.75 Å². The molecule has 0 radical (unpaired) electrons. The molecular formula is C26H30ClFN4O3S. The van der Waals surface area contributed by atoms with Crippen molar-refractivity contribution in [1.82, 2.24) is 19.9 Å². The van der Waals surface area contributed by atoms with Crippen LogP contribution in [0.1, 0.15) is 43.8 Å². The summed E-state index contributed by atoms with van der Waals surface area (Å²) in [5.74, 6) is 0.665. The van der Waals surface area contributed by atoms with E-state index in [1.54, 1.807) is 55.7 Å². The fourth-order valence-electron chi connectivity index (χ4n) is 4.76. The number of methoxy groups -OCH3 is 1. The molecule has 2 aromatic heterocycles. The second-order valence-corrected chi connectivity index (χ2v) is 10.6. The lowest BCUT2D eigenvalue weighted by Gasteiger charge is -2.39. The van der Waals surface area contributed by atoms with Crippen molar-refractivity contribution in [3.05, 3.63) is 53.6 Å². The highest BCUT2D eigenvalue weighted by molar-refractivity contribution is 7.99. The number of pyridine rings is 1. The molecule has 10 heteroatoms. The van der Waals surface area contributed by atoms with Gasteiger partial charge in [-0.3, -0.25) is 14.8 Å². The quantitative estimate of drug-likeness (QED) is 0.244. The number of halogens is 2. The van der Waals surface area contributed by atoms with Crippen LogP contribution in [0.4, 0.5) is 4.39 Å². The van der Waals surface area contributed by atoms with E-state index in [0.29, 0.717) is 48.1 Å². The van der Waals surface area contributed by atoms with E-state index in [0.717, 1.165) is 23.7 Å². The summed E-state index contributed by atoms with van der Waals surface area (Å²) in [4.78, 5) is 27.2. The molecule has 1 atom stereocenters. The van der Waals surface area contributed by atoms with Gasteiger partial charge in [-0.15, -0.1) is 11.8 Å². The van der Waals surface area contributed by atoms with Crippen LogP contribution in [0.25, 0.3) is 10.9 Å². The first-order valence-electron chi connectivity index (χ1n) is 12.0. The van der Waals surface area contributed by atoms with Gasteiger partial charge in [-0.2, -0.15) is 0 Å². The minimum absolute atomic E-state index is 0.0805. The number of benzene rings is 1. The number of aliphatic carboxylic acids is 1. The van der Waals surface area contributed by atoms with E-state index >= 15 is 4.39 Å². The molecule has 7 nitrogen and oxygen atoms in total. The molecule has 1 saturated heterocycles. The van der Waals surface area contributed by atoms with Gasteiger partial charge in [-0.1, -0.05) is 11.6 Å². The van der Waals surface area contributed by atoms with Gasteiger partial charge in [0.2, 0.25) is 0 Å². The Morgan fingerprint density at radius 1 is 1.28 bits per heavy atom. The van der Waals surface area contributed by atoms with Crippen molar-refractivity contribution in [2.45, 2.75) is 43.3 Å². The summed E-state index contributed by atoms with van der Waals surface area (Å²) < 4.78 is 20.9. The van der Waals surface area contributed by atoms with Gasteiger partial charge < -0.3 is 14.7 Å². The fourth-order valence-corrected chi connectivity index (χ4v) is 5.78. The van der Waals surface area contributed by atoms with Crippen molar-refractivity contribution in [2.24, 2.45) is 5.41 Å². The van der Waals surface area contributed by atoms with Gasteiger partial charge in [0, 0.05) is 35.3 Å². The number of thioether (sulfide) groups is 1. The number of likely N-dealkylation sites (tertiary alicyclic amines) is 1. The van der Waals surface area contributed by atoms with Crippen LogP contribution in [0.2, 0.25) is 5.02 Å².